The third-order valence-electron chi connectivity index (χ3n) is 2.03. The first kappa shape index (κ1) is 14.4. The second kappa shape index (κ2) is 5.78. The largest absolute Gasteiger partial charge is 0.370 e. The van der Waals surface area contributed by atoms with E-state index in [1.54, 1.807) is 6.07 Å². The molecule has 1 aromatic carbocycles. The maximum Gasteiger partial charge on any atom is 0.330 e. The summed E-state index contributed by atoms with van der Waals surface area (Å²) in [5.41, 5.74) is -0.0188. The van der Waals surface area contributed by atoms with E-state index in [0.717, 1.165) is 12.1 Å². The lowest BCUT2D eigenvalue weighted by Crippen LogP contribution is -2.32. The normalized spacial score (nSPS) is 11.6. The number of halogens is 5. The Bertz CT molecular complexity index is 455. The van der Waals surface area contributed by atoms with Crippen LogP contribution in [-0.4, -0.2) is 19.0 Å². The smallest absolute Gasteiger partial charge is 0.330 e. The van der Waals surface area contributed by atoms with E-state index in [2.05, 4.69) is 4.74 Å². The molecule has 0 aromatic heterocycles. The topological polar surface area (TPSA) is 33.0 Å². The standard InChI is InChI=1S/C11H8F5NO/c12-9-2-1-7(3-8(9)4-17)5-18-6-11(15,16)10(13)14/h1-3,10H,5-6H2. The van der Waals surface area contributed by atoms with Crippen LogP contribution in [0.2, 0.25) is 0 Å². The Morgan fingerprint density at radius 3 is 2.56 bits per heavy atom. The van der Waals surface area contributed by atoms with E-state index in [1.165, 1.54) is 6.07 Å². The van der Waals surface area contributed by atoms with E-state index in [-0.39, 0.29) is 11.1 Å². The number of hydrogen-bond donors (Lipinski definition) is 0. The molecule has 0 radical (unpaired) electrons. The van der Waals surface area contributed by atoms with Gasteiger partial charge in [0.25, 0.3) is 0 Å². The van der Waals surface area contributed by atoms with Crippen LogP contribution in [0.15, 0.2) is 18.2 Å². The summed E-state index contributed by atoms with van der Waals surface area (Å²) in [7, 11) is 0. The van der Waals surface area contributed by atoms with Gasteiger partial charge in [-0.05, 0) is 17.7 Å². The van der Waals surface area contributed by atoms with E-state index in [1.807, 2.05) is 0 Å². The molecule has 0 spiro atoms. The number of benzene rings is 1. The Hall–Kier alpha value is -1.68. The number of hydrogen-bond acceptors (Lipinski definition) is 2. The number of nitriles is 1. The van der Waals surface area contributed by atoms with E-state index in [0.29, 0.717) is 0 Å². The van der Waals surface area contributed by atoms with Gasteiger partial charge in [-0.25, -0.2) is 13.2 Å². The third-order valence-corrected chi connectivity index (χ3v) is 2.03. The first-order valence-electron chi connectivity index (χ1n) is 4.79. The molecule has 0 aliphatic rings. The van der Waals surface area contributed by atoms with Gasteiger partial charge in [0.15, 0.2) is 0 Å². The number of ether oxygens (including phenoxy) is 1. The predicted octanol–water partition coefficient (Wildman–Crippen LogP) is 3.11. The van der Waals surface area contributed by atoms with E-state index < -0.39 is 31.4 Å². The monoisotopic (exact) mass is 265 g/mol. The zero-order valence-electron chi connectivity index (χ0n) is 8.97. The summed E-state index contributed by atoms with van der Waals surface area (Å²) >= 11 is 0. The minimum absolute atomic E-state index is 0.248. The molecule has 1 aromatic rings. The molecule has 0 atom stereocenters. The molecule has 0 bridgehead atoms. The van der Waals surface area contributed by atoms with Gasteiger partial charge in [0.05, 0.1) is 12.2 Å². The van der Waals surface area contributed by atoms with Gasteiger partial charge in [0, 0.05) is 0 Å². The molecule has 0 heterocycles. The average Bonchev–Trinajstić information content (AvgIpc) is 2.31. The Kier molecular flexibility index (Phi) is 4.62. The highest BCUT2D eigenvalue weighted by Gasteiger charge is 2.40. The Morgan fingerprint density at radius 2 is 2.00 bits per heavy atom. The van der Waals surface area contributed by atoms with Gasteiger partial charge in [-0.1, -0.05) is 6.07 Å². The van der Waals surface area contributed by atoms with Crippen LogP contribution in [0.4, 0.5) is 22.0 Å². The minimum Gasteiger partial charge on any atom is -0.370 e. The lowest BCUT2D eigenvalue weighted by molar-refractivity contribution is -0.168. The molecule has 18 heavy (non-hydrogen) atoms. The molecule has 7 heteroatoms. The first-order valence-corrected chi connectivity index (χ1v) is 4.79. The van der Waals surface area contributed by atoms with Crippen LogP contribution >= 0.6 is 0 Å². The predicted molar refractivity (Wildman–Crippen MR) is 51.7 cm³/mol. The van der Waals surface area contributed by atoms with Crippen molar-refractivity contribution < 1.29 is 26.7 Å². The average molecular weight is 265 g/mol. The molecule has 0 unspecified atom stereocenters. The molecule has 0 saturated carbocycles. The van der Waals surface area contributed by atoms with Crippen molar-refractivity contribution in [3.8, 4) is 6.07 Å². The maximum absolute atomic E-state index is 12.9. The molecule has 98 valence electrons. The summed E-state index contributed by atoms with van der Waals surface area (Å²) in [6.45, 7) is -1.85. The van der Waals surface area contributed by atoms with Crippen molar-refractivity contribution in [3.63, 3.8) is 0 Å². The lowest BCUT2D eigenvalue weighted by Gasteiger charge is -2.15. The van der Waals surface area contributed by atoms with Crippen molar-refractivity contribution in [1.82, 2.24) is 0 Å². The van der Waals surface area contributed by atoms with Crippen LogP contribution in [-0.2, 0) is 11.3 Å². The van der Waals surface area contributed by atoms with Crippen LogP contribution < -0.4 is 0 Å². The van der Waals surface area contributed by atoms with Crippen molar-refractivity contribution in [2.24, 2.45) is 0 Å². The highest BCUT2D eigenvalue weighted by atomic mass is 19.3. The quantitative estimate of drug-likeness (QED) is 0.766. The summed E-state index contributed by atoms with van der Waals surface area (Å²) in [6.07, 6.45) is -3.81. The van der Waals surface area contributed by atoms with Crippen LogP contribution in [0.3, 0.4) is 0 Å². The Morgan fingerprint density at radius 1 is 1.33 bits per heavy atom. The summed E-state index contributed by atoms with van der Waals surface area (Å²) in [6, 6.07) is 4.86. The zero-order chi connectivity index (χ0) is 13.8. The van der Waals surface area contributed by atoms with Crippen molar-refractivity contribution in [1.29, 1.82) is 5.26 Å². The number of alkyl halides is 4. The molecule has 2 nitrogen and oxygen atoms in total. The molecular formula is C11H8F5NO. The second-order valence-corrected chi connectivity index (χ2v) is 3.48. The van der Waals surface area contributed by atoms with Gasteiger partial charge in [0.2, 0.25) is 0 Å². The Balaban J connectivity index is 2.58. The number of rotatable bonds is 5. The molecule has 0 fully saturated rings. The molecule has 0 N–H and O–H groups in total. The van der Waals surface area contributed by atoms with Crippen LogP contribution in [0.5, 0.6) is 0 Å². The van der Waals surface area contributed by atoms with Crippen molar-refractivity contribution in [3.05, 3.63) is 35.1 Å². The second-order valence-electron chi connectivity index (χ2n) is 3.48. The molecule has 0 aliphatic heterocycles. The first-order chi connectivity index (χ1) is 8.36. The van der Waals surface area contributed by atoms with Gasteiger partial charge in [-0.3, -0.25) is 0 Å². The SMILES string of the molecule is N#Cc1cc(COCC(F)(F)C(F)F)ccc1F. The van der Waals surface area contributed by atoms with E-state index >= 15 is 0 Å². The maximum atomic E-state index is 12.9. The summed E-state index contributed by atoms with van der Waals surface area (Å²) in [4.78, 5) is 0. The van der Waals surface area contributed by atoms with Gasteiger partial charge >= 0.3 is 12.3 Å². The highest BCUT2D eigenvalue weighted by Crippen LogP contribution is 2.23. The molecule has 1 rings (SSSR count). The summed E-state index contributed by atoms with van der Waals surface area (Å²) in [5, 5.41) is 8.52. The lowest BCUT2D eigenvalue weighted by atomic mass is 10.1. The van der Waals surface area contributed by atoms with Gasteiger partial charge in [-0.2, -0.15) is 14.0 Å². The molecule has 0 aliphatic carbocycles. The van der Waals surface area contributed by atoms with Gasteiger partial charge in [-0.15, -0.1) is 0 Å². The van der Waals surface area contributed by atoms with Crippen LogP contribution in [0.1, 0.15) is 11.1 Å². The minimum atomic E-state index is -4.22. The summed E-state index contributed by atoms with van der Waals surface area (Å²) in [5.74, 6) is -4.97. The van der Waals surface area contributed by atoms with Crippen molar-refractivity contribution in [2.45, 2.75) is 19.0 Å². The molecular weight excluding hydrogens is 257 g/mol. The third kappa shape index (κ3) is 3.67. The fourth-order valence-electron chi connectivity index (χ4n) is 1.12. The summed E-state index contributed by atoms with van der Waals surface area (Å²) < 4.78 is 65.8. The fraction of sp³-hybridized carbons (Fsp3) is 0.364. The zero-order valence-corrected chi connectivity index (χ0v) is 8.97. The van der Waals surface area contributed by atoms with Crippen molar-refractivity contribution >= 4 is 0 Å². The van der Waals surface area contributed by atoms with Crippen LogP contribution in [0, 0.1) is 17.1 Å². The van der Waals surface area contributed by atoms with Crippen molar-refractivity contribution in [2.75, 3.05) is 6.61 Å². The highest BCUT2D eigenvalue weighted by molar-refractivity contribution is 5.34. The fourth-order valence-corrected chi connectivity index (χ4v) is 1.12. The number of nitrogens with zero attached hydrogens (tertiary/aromatic N) is 1. The molecule has 0 saturated heterocycles. The van der Waals surface area contributed by atoms with E-state index in [9.17, 15) is 22.0 Å². The van der Waals surface area contributed by atoms with E-state index in [4.69, 9.17) is 5.26 Å². The van der Waals surface area contributed by atoms with Crippen LogP contribution in [0.25, 0.3) is 0 Å². The van der Waals surface area contributed by atoms with Gasteiger partial charge in [0.1, 0.15) is 18.5 Å². The Labute approximate surface area is 99.6 Å². The van der Waals surface area contributed by atoms with Gasteiger partial charge < -0.3 is 4.74 Å². The molecule has 0 amide bonds.